The second-order valence-corrected chi connectivity index (χ2v) is 17.1. The average Bonchev–Trinajstić information content (AvgIpc) is 4.11. The standard InChI is InChI=1S/C16H19P.C10H11ClO.C7H6BrClO.C4H8O.C3H5.BrH.2ClH.Mg.Ni/c1-2-3-14-17(15-10-6-4-7-11-15)16-12-8-5-9-13-16;1-12-10-6-8(7-2-3-7)4-5-9(10)11;1-10-7-4-5(8)2-3-6(7)9;1-2-4-5-3-1;1-2-3-1;;;;;/h4-13H,2-3,14H2,1H3;4-7H,2-3H2,1H3;2-4H,1H3;1-4H2;1H,2-3H2;3*1H;;/q;;;;-1;;;;2*+2/p-3. The van der Waals surface area contributed by atoms with Crippen LogP contribution in [0.15, 0.2) is 102 Å². The molecule has 2 saturated carbocycles. The van der Waals surface area contributed by atoms with Crippen molar-refractivity contribution in [3.63, 3.8) is 0 Å². The van der Waals surface area contributed by atoms with Gasteiger partial charge in [0, 0.05) is 17.7 Å². The molecule has 286 valence electrons. The first kappa shape index (κ1) is 52.2. The zero-order valence-electron chi connectivity index (χ0n) is 30.1. The number of hydrogen-bond donors (Lipinski definition) is 0. The summed E-state index contributed by atoms with van der Waals surface area (Å²) in [5, 5.41) is 4.33. The topological polar surface area (TPSA) is 27.7 Å². The van der Waals surface area contributed by atoms with Crippen LogP contribution in [0.25, 0.3) is 0 Å². The Morgan fingerprint density at radius 2 is 1.25 bits per heavy atom. The van der Waals surface area contributed by atoms with Gasteiger partial charge in [-0.25, -0.2) is 12.8 Å². The fourth-order valence-electron chi connectivity index (χ4n) is 4.43. The number of benzene rings is 4. The molecule has 2 aliphatic carbocycles. The first-order valence-corrected chi connectivity index (χ1v) is 22.6. The monoisotopic (exact) mass is 988 g/mol. The number of hydrogen-bond acceptors (Lipinski definition) is 3. The van der Waals surface area contributed by atoms with Crippen molar-refractivity contribution < 1.29 is 43.8 Å². The molecule has 0 aromatic heterocycles. The Labute approximate surface area is 374 Å². The molecule has 0 amide bonds. The molecule has 0 unspecified atom stereocenters. The molecule has 0 atom stereocenters. The third-order valence-corrected chi connectivity index (χ3v) is 11.0. The van der Waals surface area contributed by atoms with Gasteiger partial charge in [0.1, 0.15) is 11.5 Å². The maximum atomic E-state index is 5.90. The number of ether oxygens (including phenoxy) is 3. The Hall–Kier alpha value is 0.250. The second kappa shape index (κ2) is 33.4. The van der Waals surface area contributed by atoms with Gasteiger partial charge in [-0.2, -0.15) is 0 Å². The van der Waals surface area contributed by atoms with E-state index in [0.717, 1.165) is 29.4 Å². The fraction of sp³-hybridized carbons (Fsp3) is 0.375. The van der Waals surface area contributed by atoms with Crippen molar-refractivity contribution in [1.29, 1.82) is 0 Å². The van der Waals surface area contributed by atoms with Crippen LogP contribution in [0, 0.1) is 6.42 Å². The van der Waals surface area contributed by atoms with E-state index in [4.69, 9.17) is 57.8 Å². The third-order valence-electron chi connectivity index (χ3n) is 7.32. The van der Waals surface area contributed by atoms with E-state index in [1.165, 1.54) is 73.7 Å². The molecular weight excluding hydrogens is 944 g/mol. The minimum Gasteiger partial charge on any atom is 2.00 e. The molecule has 1 saturated heterocycles. The van der Waals surface area contributed by atoms with Crippen LogP contribution in [-0.4, -0.2) is 56.6 Å². The van der Waals surface area contributed by atoms with Crippen LogP contribution in [0.1, 0.15) is 69.8 Å². The molecule has 3 nitrogen and oxygen atoms in total. The predicted molar refractivity (Wildman–Crippen MR) is 226 cm³/mol. The van der Waals surface area contributed by atoms with Gasteiger partial charge in [-0.3, -0.25) is 0 Å². The summed E-state index contributed by atoms with van der Waals surface area (Å²) in [4.78, 5) is 0. The third kappa shape index (κ3) is 24.0. The van der Waals surface area contributed by atoms with Gasteiger partial charge in [0.15, 0.2) is 0 Å². The van der Waals surface area contributed by atoms with Crippen molar-refractivity contribution >= 4 is 101 Å². The molecule has 0 spiro atoms. The van der Waals surface area contributed by atoms with Crippen molar-refractivity contribution in [2.75, 3.05) is 33.6 Å². The van der Waals surface area contributed by atoms with Gasteiger partial charge >= 0.3 is 56.1 Å². The molecular formula is C40H49Br2Cl4MgNiO3P. The molecule has 1 heterocycles. The normalized spacial score (nSPS) is 13.2. The minimum absolute atomic E-state index is 0. The van der Waals surface area contributed by atoms with E-state index in [1.807, 2.05) is 24.3 Å². The number of methoxy groups -OCH3 is 2. The van der Waals surface area contributed by atoms with Gasteiger partial charge in [0.2, 0.25) is 0 Å². The van der Waals surface area contributed by atoms with Crippen molar-refractivity contribution in [3.8, 4) is 11.5 Å². The smallest absolute Gasteiger partial charge is 2.00 e. The summed E-state index contributed by atoms with van der Waals surface area (Å²) in [5.74, 6) is 2.24. The molecule has 3 fully saturated rings. The molecule has 7 rings (SSSR count). The molecule has 3 aliphatic rings. The maximum absolute atomic E-state index is 5.90. The summed E-state index contributed by atoms with van der Waals surface area (Å²) in [6.45, 7) is 4.27. The van der Waals surface area contributed by atoms with Gasteiger partial charge < -0.3 is 37.6 Å². The molecule has 12 heteroatoms. The SMILES string of the molecule is C1CCOC1.CCCCP(c1ccccc1)c1ccccc1.COc1cc(Br)ccc1Cl.COc1cc(C2CC2)ccc1Cl.[Br-].[CH-]1CC1.[Cl][Ni][Cl].[Mg+2]. The van der Waals surface area contributed by atoms with Crippen molar-refractivity contribution in [2.45, 2.75) is 64.2 Å². The molecule has 1 aliphatic heterocycles. The van der Waals surface area contributed by atoms with Gasteiger partial charge in [0.25, 0.3) is 0 Å². The summed E-state index contributed by atoms with van der Waals surface area (Å²) >= 11 is 15.5. The van der Waals surface area contributed by atoms with Crippen LogP contribution in [0.5, 0.6) is 11.5 Å². The number of halogens is 6. The van der Waals surface area contributed by atoms with E-state index < -0.39 is 0 Å². The predicted octanol–water partition coefficient (Wildman–Crippen LogP) is 10.0. The largest absolute Gasteiger partial charge is 2.00 e. The molecule has 52 heavy (non-hydrogen) atoms. The molecule has 4 aromatic carbocycles. The van der Waals surface area contributed by atoms with Gasteiger partial charge in [-0.15, -0.1) is 0 Å². The van der Waals surface area contributed by atoms with Gasteiger partial charge in [-0.05, 0) is 98.6 Å². The van der Waals surface area contributed by atoms with E-state index in [1.54, 1.807) is 20.3 Å². The summed E-state index contributed by atoms with van der Waals surface area (Å²) in [5.41, 5.74) is 1.36. The van der Waals surface area contributed by atoms with Gasteiger partial charge in [-0.1, -0.05) is 119 Å². The fourth-order valence-corrected chi connectivity index (χ4v) is 7.67. The molecule has 0 N–H and O–H groups in total. The average molecular weight is 993 g/mol. The number of unbranched alkanes of at least 4 members (excludes halogenated alkanes) is 1. The Bertz CT molecular complexity index is 1390. The van der Waals surface area contributed by atoms with Crippen LogP contribution < -0.4 is 37.1 Å². The quantitative estimate of drug-likeness (QED) is 0.100. The Morgan fingerprint density at radius 1 is 0.788 bits per heavy atom. The summed E-state index contributed by atoms with van der Waals surface area (Å²) < 4.78 is 16.0. The minimum atomic E-state index is -0.157. The van der Waals surface area contributed by atoms with Crippen LogP contribution in [-0.2, 0) is 17.4 Å². The zero-order valence-corrected chi connectivity index (χ0v) is 39.6. The maximum Gasteiger partial charge on any atom is 2.00 e. The van der Waals surface area contributed by atoms with E-state index in [0.29, 0.717) is 28.4 Å². The molecule has 0 radical (unpaired) electrons. The van der Waals surface area contributed by atoms with E-state index in [9.17, 15) is 0 Å². The Balaban J connectivity index is 0.000000656. The second-order valence-electron chi connectivity index (χ2n) is 11.4. The molecule has 4 aromatic rings. The van der Waals surface area contributed by atoms with Crippen molar-refractivity contribution in [3.05, 3.63) is 124 Å². The van der Waals surface area contributed by atoms with Crippen LogP contribution >= 0.6 is 67.4 Å². The van der Waals surface area contributed by atoms with E-state index >= 15 is 0 Å². The Morgan fingerprint density at radius 3 is 1.62 bits per heavy atom. The van der Waals surface area contributed by atoms with Crippen molar-refractivity contribution in [2.24, 2.45) is 0 Å². The van der Waals surface area contributed by atoms with Gasteiger partial charge in [0.05, 0.1) is 24.3 Å². The van der Waals surface area contributed by atoms with Crippen LogP contribution in [0.3, 0.4) is 0 Å². The van der Waals surface area contributed by atoms with Crippen molar-refractivity contribution in [1.82, 2.24) is 0 Å². The first-order valence-electron chi connectivity index (χ1n) is 16.8. The summed E-state index contributed by atoms with van der Waals surface area (Å²) in [6, 6.07) is 33.4. The summed E-state index contributed by atoms with van der Waals surface area (Å²) in [6.07, 6.45) is 14.1. The Kier molecular flexibility index (Phi) is 33.6. The van der Waals surface area contributed by atoms with Crippen LogP contribution in [0.2, 0.25) is 10.0 Å². The van der Waals surface area contributed by atoms with Crippen LogP contribution in [0.4, 0.5) is 0 Å². The summed E-state index contributed by atoms with van der Waals surface area (Å²) in [7, 11) is 12.5. The first-order chi connectivity index (χ1) is 24.4. The van der Waals surface area contributed by atoms with E-state index in [2.05, 4.69) is 96.0 Å². The van der Waals surface area contributed by atoms with E-state index in [-0.39, 0.29) is 48.0 Å². The molecule has 0 bridgehead atoms. The number of rotatable bonds is 8. The zero-order chi connectivity index (χ0) is 36.4.